The number of hydrogen-bond acceptors (Lipinski definition) is 3. The van der Waals surface area contributed by atoms with E-state index in [2.05, 4.69) is 33.1 Å². The molecule has 0 heterocycles. The zero-order valence-electron chi connectivity index (χ0n) is 21.0. The van der Waals surface area contributed by atoms with Gasteiger partial charge < -0.3 is 8.85 Å². The molecule has 0 saturated carbocycles. The third-order valence-corrected chi connectivity index (χ3v) is 13.4. The Bertz CT molecular complexity index is 588. The largest absolute Gasteiger partial charge is 0.461 e. The van der Waals surface area contributed by atoms with Gasteiger partial charge in [-0.25, -0.2) is 0 Å². The Morgan fingerprint density at radius 2 is 1.26 bits per heavy atom. The van der Waals surface area contributed by atoms with Crippen LogP contribution in [-0.4, -0.2) is 22.6 Å². The summed E-state index contributed by atoms with van der Waals surface area (Å²) in [5.74, 6) is -0.0706. The summed E-state index contributed by atoms with van der Waals surface area (Å²) in [7, 11) is -2.95. The average Bonchev–Trinajstić information content (AvgIpc) is 2.72. The molecule has 0 aliphatic rings. The number of unbranched alkanes of at least 4 members (excludes halogenated alkanes) is 8. The quantitative estimate of drug-likeness (QED) is 0.124. The Kier molecular flexibility index (Phi) is 14.3. The van der Waals surface area contributed by atoms with Gasteiger partial charge in [-0.1, -0.05) is 95.0 Å². The molecule has 0 N–H and O–H groups in total. The highest BCUT2D eigenvalue weighted by molar-refractivity contribution is 6.84. The summed E-state index contributed by atoms with van der Waals surface area (Å²) < 4.78 is 12.0. The van der Waals surface area contributed by atoms with Crippen molar-refractivity contribution in [3.63, 3.8) is 0 Å². The summed E-state index contributed by atoms with van der Waals surface area (Å²) in [6.07, 6.45) is 13.0. The first-order chi connectivity index (χ1) is 14.7. The molecule has 1 aromatic carbocycles. The Balaban J connectivity index is 1.96. The lowest BCUT2D eigenvalue weighted by atomic mass is 10.1. The highest BCUT2D eigenvalue weighted by Crippen LogP contribution is 2.25. The molecular formula is C26H48O3Si2. The molecule has 0 bridgehead atoms. The fraction of sp³-hybridized carbons (Fsp3) is 0.731. The van der Waals surface area contributed by atoms with Crippen LogP contribution in [0.1, 0.15) is 83.1 Å². The highest BCUT2D eigenvalue weighted by Gasteiger charge is 2.31. The highest BCUT2D eigenvalue weighted by atomic mass is 28.4. The number of ether oxygens (including phenoxy) is 1. The van der Waals surface area contributed by atoms with E-state index in [9.17, 15) is 4.79 Å². The van der Waals surface area contributed by atoms with Crippen molar-refractivity contribution in [2.24, 2.45) is 0 Å². The van der Waals surface area contributed by atoms with Crippen LogP contribution in [0.25, 0.3) is 0 Å². The second-order valence-corrected chi connectivity index (χ2v) is 19.1. The van der Waals surface area contributed by atoms with Crippen molar-refractivity contribution in [2.45, 2.75) is 122 Å². The fourth-order valence-electron chi connectivity index (χ4n) is 4.14. The number of rotatable bonds is 18. The SMILES string of the molecule is CCCC[Si](C)(C)O[Si](C)(C)CCCCCCCCCCC(=O)OCc1ccccc1. The van der Waals surface area contributed by atoms with E-state index in [4.69, 9.17) is 8.85 Å². The molecule has 0 aliphatic heterocycles. The van der Waals surface area contributed by atoms with E-state index in [0.717, 1.165) is 18.4 Å². The summed E-state index contributed by atoms with van der Waals surface area (Å²) in [5, 5.41) is 0. The summed E-state index contributed by atoms with van der Waals surface area (Å²) in [6.45, 7) is 12.3. The summed E-state index contributed by atoms with van der Waals surface area (Å²) in [4.78, 5) is 11.8. The van der Waals surface area contributed by atoms with E-state index >= 15 is 0 Å². The minimum atomic E-state index is -1.50. The monoisotopic (exact) mass is 464 g/mol. The molecule has 0 spiro atoms. The van der Waals surface area contributed by atoms with E-state index in [-0.39, 0.29) is 5.97 Å². The van der Waals surface area contributed by atoms with Gasteiger partial charge in [0, 0.05) is 6.42 Å². The van der Waals surface area contributed by atoms with Gasteiger partial charge in [0.25, 0.3) is 0 Å². The third kappa shape index (κ3) is 15.5. The molecule has 178 valence electrons. The zero-order chi connectivity index (χ0) is 23.0. The van der Waals surface area contributed by atoms with Crippen LogP contribution in [0, 0.1) is 0 Å². The van der Waals surface area contributed by atoms with Crippen LogP contribution >= 0.6 is 0 Å². The lowest BCUT2D eigenvalue weighted by Gasteiger charge is -2.34. The smallest absolute Gasteiger partial charge is 0.306 e. The minimum Gasteiger partial charge on any atom is -0.461 e. The Labute approximate surface area is 194 Å². The number of hydrogen-bond donors (Lipinski definition) is 0. The molecule has 0 aliphatic carbocycles. The van der Waals surface area contributed by atoms with Gasteiger partial charge in [-0.15, -0.1) is 0 Å². The lowest BCUT2D eigenvalue weighted by Crippen LogP contribution is -2.44. The van der Waals surface area contributed by atoms with Gasteiger partial charge in [-0.2, -0.15) is 0 Å². The topological polar surface area (TPSA) is 35.5 Å². The molecular weight excluding hydrogens is 416 g/mol. The Hall–Kier alpha value is -0.916. The van der Waals surface area contributed by atoms with Crippen LogP contribution < -0.4 is 0 Å². The van der Waals surface area contributed by atoms with E-state index in [1.54, 1.807) is 0 Å². The maximum absolute atomic E-state index is 11.8. The maximum atomic E-state index is 11.8. The predicted octanol–water partition coefficient (Wildman–Crippen LogP) is 8.47. The summed E-state index contributed by atoms with van der Waals surface area (Å²) in [6, 6.07) is 12.5. The van der Waals surface area contributed by atoms with Crippen LogP contribution in [0.5, 0.6) is 0 Å². The predicted molar refractivity (Wildman–Crippen MR) is 138 cm³/mol. The number of carbonyl (C=O) groups is 1. The molecule has 0 amide bonds. The van der Waals surface area contributed by atoms with Crippen molar-refractivity contribution in [1.29, 1.82) is 0 Å². The maximum Gasteiger partial charge on any atom is 0.306 e. The molecule has 0 saturated heterocycles. The van der Waals surface area contributed by atoms with Gasteiger partial charge in [-0.05, 0) is 50.3 Å². The number of carbonyl (C=O) groups excluding carboxylic acids is 1. The average molecular weight is 465 g/mol. The normalized spacial score (nSPS) is 12.2. The van der Waals surface area contributed by atoms with E-state index in [0.29, 0.717) is 13.0 Å². The van der Waals surface area contributed by atoms with Crippen molar-refractivity contribution in [1.82, 2.24) is 0 Å². The minimum absolute atomic E-state index is 0.0706. The Morgan fingerprint density at radius 3 is 1.84 bits per heavy atom. The molecule has 1 rings (SSSR count). The van der Waals surface area contributed by atoms with Crippen LogP contribution in [-0.2, 0) is 20.3 Å². The van der Waals surface area contributed by atoms with Crippen LogP contribution in [0.2, 0.25) is 38.3 Å². The summed E-state index contributed by atoms with van der Waals surface area (Å²) >= 11 is 0. The van der Waals surface area contributed by atoms with E-state index in [1.807, 2.05) is 30.3 Å². The number of esters is 1. The molecule has 5 heteroatoms. The van der Waals surface area contributed by atoms with E-state index in [1.165, 1.54) is 63.5 Å². The lowest BCUT2D eigenvalue weighted by molar-refractivity contribution is -0.145. The zero-order valence-corrected chi connectivity index (χ0v) is 23.0. The van der Waals surface area contributed by atoms with Gasteiger partial charge in [0.1, 0.15) is 6.61 Å². The van der Waals surface area contributed by atoms with Crippen molar-refractivity contribution in [3.8, 4) is 0 Å². The van der Waals surface area contributed by atoms with Gasteiger partial charge in [0.15, 0.2) is 16.6 Å². The first kappa shape index (κ1) is 28.1. The van der Waals surface area contributed by atoms with Gasteiger partial charge in [-0.3, -0.25) is 4.79 Å². The molecule has 3 nitrogen and oxygen atoms in total. The van der Waals surface area contributed by atoms with Crippen LogP contribution in [0.15, 0.2) is 30.3 Å². The van der Waals surface area contributed by atoms with Crippen molar-refractivity contribution in [2.75, 3.05) is 0 Å². The molecule has 1 aromatic rings. The van der Waals surface area contributed by atoms with Crippen molar-refractivity contribution >= 4 is 22.6 Å². The standard InChI is InChI=1S/C26H48O3Si2/c1-6-7-22-30(2,3)29-31(4,5)23-18-13-11-9-8-10-12-17-21-26(27)28-24-25-19-15-14-16-20-25/h14-16,19-20H,6-13,17-18,21-24H2,1-5H3. The van der Waals surface area contributed by atoms with Crippen LogP contribution in [0.3, 0.4) is 0 Å². The molecule has 0 fully saturated rings. The first-order valence-electron chi connectivity index (χ1n) is 12.6. The van der Waals surface area contributed by atoms with Crippen molar-refractivity contribution in [3.05, 3.63) is 35.9 Å². The second kappa shape index (κ2) is 15.8. The molecule has 0 atom stereocenters. The molecule has 0 aromatic heterocycles. The Morgan fingerprint density at radius 1 is 0.742 bits per heavy atom. The van der Waals surface area contributed by atoms with Gasteiger partial charge in [0.05, 0.1) is 0 Å². The van der Waals surface area contributed by atoms with E-state index < -0.39 is 16.6 Å². The van der Waals surface area contributed by atoms with Crippen molar-refractivity contribution < 1.29 is 13.6 Å². The van der Waals surface area contributed by atoms with Crippen LogP contribution in [0.4, 0.5) is 0 Å². The second-order valence-electron chi connectivity index (χ2n) is 10.2. The summed E-state index contributed by atoms with van der Waals surface area (Å²) in [5.41, 5.74) is 1.05. The molecule has 0 unspecified atom stereocenters. The third-order valence-electron chi connectivity index (χ3n) is 5.84. The van der Waals surface area contributed by atoms with Gasteiger partial charge in [0.2, 0.25) is 0 Å². The number of benzene rings is 1. The van der Waals surface area contributed by atoms with Gasteiger partial charge >= 0.3 is 5.97 Å². The first-order valence-corrected chi connectivity index (χ1v) is 18.9. The molecule has 31 heavy (non-hydrogen) atoms. The molecule has 0 radical (unpaired) electrons. The fourth-order valence-corrected chi connectivity index (χ4v) is 13.3.